The maximum Gasteiger partial charge on any atom is 0.264 e. The predicted molar refractivity (Wildman–Crippen MR) is 141 cm³/mol. The quantitative estimate of drug-likeness (QED) is 0.406. The van der Waals surface area contributed by atoms with E-state index < -0.39 is 27.6 Å². The van der Waals surface area contributed by atoms with Crippen molar-refractivity contribution in [3.8, 4) is 16.9 Å². The average Bonchev–Trinajstić information content (AvgIpc) is 2.84. The molecule has 3 aromatic rings. The summed E-state index contributed by atoms with van der Waals surface area (Å²) in [6, 6.07) is 22.5. The Kier molecular flexibility index (Phi) is 6.70. The molecule has 0 bridgehead atoms. The Bertz CT molecular complexity index is 1390. The van der Waals surface area contributed by atoms with Crippen molar-refractivity contribution in [2.24, 2.45) is 5.92 Å². The molecule has 0 aliphatic carbocycles. The van der Waals surface area contributed by atoms with E-state index in [0.29, 0.717) is 10.9 Å². The minimum atomic E-state index is -3.96. The molecule has 2 aliphatic rings. The van der Waals surface area contributed by atoms with E-state index in [1.54, 1.807) is 12.1 Å². The van der Waals surface area contributed by atoms with Crippen molar-refractivity contribution in [1.29, 1.82) is 0 Å². The number of sulfonamides is 1. The molecular formula is C28H28BrNO5S. The maximum atomic E-state index is 12.8. The molecule has 6 nitrogen and oxygen atoms in total. The van der Waals surface area contributed by atoms with Gasteiger partial charge in [-0.2, -0.15) is 0 Å². The molecule has 5 rings (SSSR count). The topological polar surface area (TPSA) is 81.7 Å². The van der Waals surface area contributed by atoms with Gasteiger partial charge in [0, 0.05) is 16.0 Å². The summed E-state index contributed by atoms with van der Waals surface area (Å²) < 4.78 is 41.1. The van der Waals surface area contributed by atoms with Gasteiger partial charge in [0.25, 0.3) is 10.0 Å². The van der Waals surface area contributed by atoms with Gasteiger partial charge in [0.15, 0.2) is 0 Å². The molecule has 1 amide bonds. The molecule has 2 aliphatic heterocycles. The smallest absolute Gasteiger partial charge is 0.264 e. The van der Waals surface area contributed by atoms with E-state index in [1.165, 1.54) is 12.1 Å². The molecule has 0 unspecified atom stereocenters. The highest BCUT2D eigenvalue weighted by atomic mass is 79.9. The molecule has 1 fully saturated rings. The van der Waals surface area contributed by atoms with E-state index in [2.05, 4.69) is 52.7 Å². The first-order chi connectivity index (χ1) is 17.1. The van der Waals surface area contributed by atoms with Gasteiger partial charge < -0.3 is 9.47 Å². The van der Waals surface area contributed by atoms with Crippen molar-refractivity contribution in [3.63, 3.8) is 0 Å². The number of halogens is 1. The molecular weight excluding hydrogens is 542 g/mol. The number of fused-ring (bicyclic) bond motifs is 3. The first-order valence-corrected chi connectivity index (χ1v) is 14.2. The van der Waals surface area contributed by atoms with Gasteiger partial charge >= 0.3 is 0 Å². The van der Waals surface area contributed by atoms with Gasteiger partial charge in [-0.1, -0.05) is 58.4 Å². The minimum Gasteiger partial charge on any atom is -0.487 e. The van der Waals surface area contributed by atoms with Crippen LogP contribution >= 0.6 is 15.9 Å². The van der Waals surface area contributed by atoms with Gasteiger partial charge in [-0.3, -0.25) is 4.79 Å². The number of amides is 1. The van der Waals surface area contributed by atoms with Crippen LogP contribution in [-0.4, -0.2) is 26.0 Å². The van der Waals surface area contributed by atoms with E-state index in [0.717, 1.165) is 28.9 Å². The number of nitrogens with one attached hydrogen (secondary N) is 1. The fraction of sp³-hybridized carbons (Fsp3) is 0.321. The molecule has 0 aromatic heterocycles. The van der Waals surface area contributed by atoms with Gasteiger partial charge in [-0.05, 0) is 68.1 Å². The lowest BCUT2D eigenvalue weighted by Gasteiger charge is -2.48. The van der Waals surface area contributed by atoms with Crippen LogP contribution < -0.4 is 9.46 Å². The Morgan fingerprint density at radius 1 is 1.00 bits per heavy atom. The molecule has 0 saturated carbocycles. The number of benzene rings is 3. The number of ether oxygens (including phenoxy) is 2. The van der Waals surface area contributed by atoms with E-state index in [9.17, 15) is 13.2 Å². The molecule has 3 aromatic carbocycles. The van der Waals surface area contributed by atoms with Gasteiger partial charge in [0.1, 0.15) is 11.4 Å². The van der Waals surface area contributed by atoms with Gasteiger partial charge in [0.05, 0.1) is 23.5 Å². The maximum absolute atomic E-state index is 12.8. The van der Waals surface area contributed by atoms with Crippen LogP contribution in [0.1, 0.15) is 44.8 Å². The molecule has 2 heterocycles. The van der Waals surface area contributed by atoms with Crippen molar-refractivity contribution < 1.29 is 22.7 Å². The zero-order chi connectivity index (χ0) is 25.5. The van der Waals surface area contributed by atoms with Gasteiger partial charge in [0.2, 0.25) is 5.91 Å². The normalized spacial score (nSPS) is 22.6. The summed E-state index contributed by atoms with van der Waals surface area (Å²) >= 11 is 3.27. The van der Waals surface area contributed by atoms with Crippen LogP contribution in [0.25, 0.3) is 11.1 Å². The van der Waals surface area contributed by atoms with E-state index >= 15 is 0 Å². The molecule has 3 atom stereocenters. The second kappa shape index (κ2) is 9.65. The first-order valence-electron chi connectivity index (χ1n) is 12.0. The summed E-state index contributed by atoms with van der Waals surface area (Å²) in [7, 11) is -3.96. The Labute approximate surface area is 220 Å². The van der Waals surface area contributed by atoms with Crippen molar-refractivity contribution >= 4 is 31.9 Å². The molecule has 0 radical (unpaired) electrons. The zero-order valence-electron chi connectivity index (χ0n) is 20.1. The number of hydrogen-bond donors (Lipinski definition) is 1. The number of carbonyl (C=O) groups excluding carboxylic acids is 1. The van der Waals surface area contributed by atoms with Crippen molar-refractivity contribution in [3.05, 3.63) is 82.8 Å². The lowest BCUT2D eigenvalue weighted by Crippen LogP contribution is -2.49. The Balaban J connectivity index is 1.35. The Hall–Kier alpha value is -2.68. The van der Waals surface area contributed by atoms with Gasteiger partial charge in [-0.25, -0.2) is 13.1 Å². The van der Waals surface area contributed by atoms with E-state index in [4.69, 9.17) is 9.47 Å². The molecule has 8 heteroatoms. The third-order valence-corrected chi connectivity index (χ3v) is 8.83. The van der Waals surface area contributed by atoms with E-state index in [1.807, 2.05) is 30.3 Å². The summed E-state index contributed by atoms with van der Waals surface area (Å²) in [6.07, 6.45) is 0.771. The molecule has 0 spiro atoms. The fourth-order valence-corrected chi connectivity index (χ4v) is 6.76. The van der Waals surface area contributed by atoms with Crippen molar-refractivity contribution in [2.75, 3.05) is 0 Å². The molecule has 188 valence electrons. The highest BCUT2D eigenvalue weighted by Crippen LogP contribution is 2.51. The van der Waals surface area contributed by atoms with Crippen LogP contribution in [0.15, 0.2) is 82.2 Å². The van der Waals surface area contributed by atoms with Gasteiger partial charge in [-0.15, -0.1) is 0 Å². The summed E-state index contributed by atoms with van der Waals surface area (Å²) in [5.41, 5.74) is 2.71. The standard InChI is InChI=1S/C28H28BrNO5S/c1-28(2)24-13-12-21(17-26(31)30-36(32,33)22-10-6-9-20(29)16-22)34-27(24)23-15-19(11-14-25(23)35-28)18-7-4-3-5-8-18/h3-11,14-16,21,24,27H,12-13,17H2,1-2H3,(H,30,31)/t21-,24+,27-/m0/s1. The van der Waals surface area contributed by atoms with Crippen LogP contribution in [0.2, 0.25) is 0 Å². The highest BCUT2D eigenvalue weighted by molar-refractivity contribution is 9.10. The van der Waals surface area contributed by atoms with Crippen LogP contribution in [0.4, 0.5) is 0 Å². The number of hydrogen-bond acceptors (Lipinski definition) is 5. The number of rotatable bonds is 5. The number of carbonyl (C=O) groups is 1. The Morgan fingerprint density at radius 2 is 1.78 bits per heavy atom. The Morgan fingerprint density at radius 3 is 2.53 bits per heavy atom. The lowest BCUT2D eigenvalue weighted by molar-refractivity contribution is -0.155. The summed E-state index contributed by atoms with van der Waals surface area (Å²) in [6.45, 7) is 4.14. The fourth-order valence-electron chi connectivity index (χ4n) is 5.16. The second-order valence-corrected chi connectivity index (χ2v) is 12.5. The van der Waals surface area contributed by atoms with Crippen molar-refractivity contribution in [2.45, 2.75) is 55.8 Å². The largest absolute Gasteiger partial charge is 0.487 e. The third-order valence-electron chi connectivity index (χ3n) is 6.96. The van der Waals surface area contributed by atoms with Crippen molar-refractivity contribution in [1.82, 2.24) is 4.72 Å². The second-order valence-electron chi connectivity index (χ2n) is 9.88. The highest BCUT2D eigenvalue weighted by Gasteiger charge is 2.47. The molecule has 1 N–H and O–H groups in total. The first kappa shape index (κ1) is 25.0. The van der Waals surface area contributed by atoms with Crippen LogP contribution in [0.3, 0.4) is 0 Å². The zero-order valence-corrected chi connectivity index (χ0v) is 22.5. The summed E-state index contributed by atoms with van der Waals surface area (Å²) in [4.78, 5) is 12.8. The SMILES string of the molecule is CC1(C)Oc2ccc(-c3ccccc3)cc2[C@@H]2O[C@H](CC(=O)NS(=O)(=O)c3cccc(Br)c3)CC[C@H]21. The van der Waals surface area contributed by atoms with Crippen LogP contribution in [-0.2, 0) is 19.6 Å². The minimum absolute atomic E-state index is 0.0309. The summed E-state index contributed by atoms with van der Waals surface area (Å²) in [5, 5.41) is 0. The monoisotopic (exact) mass is 569 g/mol. The molecule has 36 heavy (non-hydrogen) atoms. The van der Waals surface area contributed by atoms with Crippen LogP contribution in [0, 0.1) is 5.92 Å². The van der Waals surface area contributed by atoms with Crippen LogP contribution in [0.5, 0.6) is 5.75 Å². The molecule has 1 saturated heterocycles. The lowest BCUT2D eigenvalue weighted by atomic mass is 9.74. The third kappa shape index (κ3) is 5.08. The average molecular weight is 571 g/mol. The predicted octanol–water partition coefficient (Wildman–Crippen LogP) is 6.02. The van der Waals surface area contributed by atoms with E-state index in [-0.39, 0.29) is 23.3 Å². The summed E-state index contributed by atoms with van der Waals surface area (Å²) in [5.74, 6) is 0.312.